The van der Waals surface area contributed by atoms with Crippen LogP contribution in [0, 0.1) is 6.92 Å². The summed E-state index contributed by atoms with van der Waals surface area (Å²) in [7, 11) is 0. The summed E-state index contributed by atoms with van der Waals surface area (Å²) in [6.45, 7) is 5.00. The second kappa shape index (κ2) is 6.04. The molecule has 3 aromatic rings. The number of halogens is 1. The Morgan fingerprint density at radius 3 is 2.62 bits per heavy atom. The van der Waals surface area contributed by atoms with Crippen LogP contribution in [0.5, 0.6) is 0 Å². The first-order valence-electron chi connectivity index (χ1n) is 7.11. The van der Waals surface area contributed by atoms with E-state index in [4.69, 9.17) is 4.42 Å². The van der Waals surface area contributed by atoms with Crippen molar-refractivity contribution in [3.63, 3.8) is 0 Å². The Morgan fingerprint density at radius 2 is 1.81 bits per heavy atom. The zero-order valence-corrected chi connectivity index (χ0v) is 13.8. The lowest BCUT2D eigenvalue weighted by Crippen LogP contribution is -2.18. The van der Waals surface area contributed by atoms with E-state index >= 15 is 0 Å². The third kappa shape index (κ3) is 2.89. The van der Waals surface area contributed by atoms with Crippen LogP contribution in [-0.4, -0.2) is 0 Å². The predicted molar refractivity (Wildman–Crippen MR) is 90.3 cm³/mol. The molecule has 3 heteroatoms. The minimum absolute atomic E-state index is 0.272. The average Bonchev–Trinajstić information content (AvgIpc) is 2.81. The molecule has 0 aliphatic carbocycles. The molecule has 0 saturated carbocycles. The summed E-state index contributed by atoms with van der Waals surface area (Å²) in [5.41, 5.74) is 3.47. The van der Waals surface area contributed by atoms with Gasteiger partial charge in [0.05, 0.1) is 0 Å². The first-order valence-corrected chi connectivity index (χ1v) is 7.91. The van der Waals surface area contributed by atoms with Gasteiger partial charge in [0.2, 0.25) is 0 Å². The van der Waals surface area contributed by atoms with Gasteiger partial charge in [0.1, 0.15) is 11.3 Å². The lowest BCUT2D eigenvalue weighted by molar-refractivity contribution is 0.543. The van der Waals surface area contributed by atoms with Crippen LogP contribution >= 0.6 is 15.9 Å². The number of aryl methyl sites for hydroxylation is 1. The van der Waals surface area contributed by atoms with Crippen molar-refractivity contribution in [2.45, 2.75) is 26.4 Å². The molecule has 0 fully saturated rings. The van der Waals surface area contributed by atoms with Crippen molar-refractivity contribution in [3.8, 4) is 0 Å². The highest BCUT2D eigenvalue weighted by molar-refractivity contribution is 9.10. The number of furan rings is 1. The smallest absolute Gasteiger partial charge is 0.134 e. The average molecular weight is 344 g/mol. The zero-order valence-electron chi connectivity index (χ0n) is 12.2. The number of rotatable bonds is 4. The van der Waals surface area contributed by atoms with E-state index in [-0.39, 0.29) is 6.04 Å². The summed E-state index contributed by atoms with van der Waals surface area (Å²) in [5.74, 6) is 0.989. The van der Waals surface area contributed by atoms with Crippen LogP contribution in [-0.2, 0) is 6.54 Å². The molecule has 0 aliphatic heterocycles. The van der Waals surface area contributed by atoms with Crippen molar-refractivity contribution in [3.05, 3.63) is 69.9 Å². The van der Waals surface area contributed by atoms with Crippen LogP contribution in [0.4, 0.5) is 0 Å². The second-order valence-corrected chi connectivity index (χ2v) is 6.11. The van der Waals surface area contributed by atoms with E-state index in [1.807, 2.05) is 25.1 Å². The largest absolute Gasteiger partial charge is 0.461 e. The maximum absolute atomic E-state index is 5.81. The fourth-order valence-electron chi connectivity index (χ4n) is 2.63. The molecule has 0 saturated heterocycles. The van der Waals surface area contributed by atoms with E-state index in [2.05, 4.69) is 58.5 Å². The first kappa shape index (κ1) is 14.4. The number of fused-ring (bicyclic) bond motifs is 1. The van der Waals surface area contributed by atoms with E-state index < -0.39 is 0 Å². The summed E-state index contributed by atoms with van der Waals surface area (Å²) in [5, 5.41) is 4.78. The van der Waals surface area contributed by atoms with E-state index in [0.29, 0.717) is 0 Å². The molecule has 2 nitrogen and oxygen atoms in total. The Hall–Kier alpha value is -1.58. The van der Waals surface area contributed by atoms with Crippen molar-refractivity contribution in [1.82, 2.24) is 5.32 Å². The Balaban J connectivity index is 1.81. The van der Waals surface area contributed by atoms with Crippen LogP contribution in [0.3, 0.4) is 0 Å². The Labute approximate surface area is 133 Å². The summed E-state index contributed by atoms with van der Waals surface area (Å²) in [4.78, 5) is 0. The molecule has 1 heterocycles. The summed E-state index contributed by atoms with van der Waals surface area (Å²) >= 11 is 3.61. The Bertz CT molecular complexity index is 763. The summed E-state index contributed by atoms with van der Waals surface area (Å²) < 4.78 is 6.95. The van der Waals surface area contributed by atoms with E-state index in [0.717, 1.165) is 22.4 Å². The van der Waals surface area contributed by atoms with Gasteiger partial charge in [-0.05, 0) is 31.5 Å². The van der Waals surface area contributed by atoms with Crippen LogP contribution in [0.2, 0.25) is 0 Å². The SMILES string of the molecule is Cc1oc2ccccc2c1CNC(C)c1ccccc1Br. The van der Waals surface area contributed by atoms with E-state index in [9.17, 15) is 0 Å². The van der Waals surface area contributed by atoms with Crippen LogP contribution < -0.4 is 5.32 Å². The fraction of sp³-hybridized carbons (Fsp3) is 0.222. The van der Waals surface area contributed by atoms with Gasteiger partial charge in [-0.1, -0.05) is 52.3 Å². The molecule has 2 aromatic carbocycles. The van der Waals surface area contributed by atoms with Crippen LogP contribution in [0.25, 0.3) is 11.0 Å². The highest BCUT2D eigenvalue weighted by atomic mass is 79.9. The number of hydrogen-bond acceptors (Lipinski definition) is 2. The van der Waals surface area contributed by atoms with Crippen molar-refractivity contribution < 1.29 is 4.42 Å². The standard InChI is InChI=1S/C18H18BrNO/c1-12(14-7-3-5-9-17(14)19)20-11-16-13(2)21-18-10-6-4-8-15(16)18/h3-10,12,20H,11H2,1-2H3. The number of benzene rings is 2. The minimum atomic E-state index is 0.272. The summed E-state index contributed by atoms with van der Waals surface area (Å²) in [6, 6.07) is 16.8. The predicted octanol–water partition coefficient (Wildman–Crippen LogP) is 5.35. The molecule has 21 heavy (non-hydrogen) atoms. The first-order chi connectivity index (χ1) is 10.2. The lowest BCUT2D eigenvalue weighted by atomic mass is 10.1. The topological polar surface area (TPSA) is 25.2 Å². The molecule has 108 valence electrons. The summed E-state index contributed by atoms with van der Waals surface area (Å²) in [6.07, 6.45) is 0. The van der Waals surface area contributed by atoms with Gasteiger partial charge in [-0.25, -0.2) is 0 Å². The van der Waals surface area contributed by atoms with Crippen LogP contribution in [0.15, 0.2) is 57.4 Å². The van der Waals surface area contributed by atoms with Gasteiger partial charge >= 0.3 is 0 Å². The molecule has 0 bridgehead atoms. The highest BCUT2D eigenvalue weighted by Crippen LogP contribution is 2.27. The highest BCUT2D eigenvalue weighted by Gasteiger charge is 2.13. The number of para-hydroxylation sites is 1. The normalized spacial score (nSPS) is 12.7. The van der Waals surface area contributed by atoms with Gasteiger partial charge in [-0.2, -0.15) is 0 Å². The monoisotopic (exact) mass is 343 g/mol. The third-order valence-electron chi connectivity index (χ3n) is 3.86. The fourth-order valence-corrected chi connectivity index (χ4v) is 3.26. The maximum Gasteiger partial charge on any atom is 0.134 e. The van der Waals surface area contributed by atoms with Gasteiger partial charge < -0.3 is 9.73 Å². The quantitative estimate of drug-likeness (QED) is 0.690. The lowest BCUT2D eigenvalue weighted by Gasteiger charge is -2.15. The Morgan fingerprint density at radius 1 is 1.10 bits per heavy atom. The van der Waals surface area contributed by atoms with Crippen LogP contribution in [0.1, 0.15) is 29.9 Å². The molecule has 0 radical (unpaired) electrons. The molecule has 0 aliphatic rings. The van der Waals surface area contributed by atoms with Gasteiger partial charge in [-0.3, -0.25) is 0 Å². The molecule has 1 aromatic heterocycles. The third-order valence-corrected chi connectivity index (χ3v) is 4.58. The molecule has 0 spiro atoms. The number of hydrogen-bond donors (Lipinski definition) is 1. The van der Waals surface area contributed by atoms with Crippen molar-refractivity contribution in [1.29, 1.82) is 0 Å². The molecule has 0 amide bonds. The maximum atomic E-state index is 5.81. The van der Waals surface area contributed by atoms with Gasteiger partial charge in [0.25, 0.3) is 0 Å². The van der Waals surface area contributed by atoms with E-state index in [1.165, 1.54) is 16.5 Å². The van der Waals surface area contributed by atoms with Gasteiger partial charge in [0, 0.05) is 28.0 Å². The van der Waals surface area contributed by atoms with Gasteiger partial charge in [-0.15, -0.1) is 0 Å². The second-order valence-electron chi connectivity index (χ2n) is 5.26. The van der Waals surface area contributed by atoms with E-state index in [1.54, 1.807) is 0 Å². The molecule has 3 rings (SSSR count). The molecule has 1 atom stereocenters. The van der Waals surface area contributed by atoms with Crippen molar-refractivity contribution >= 4 is 26.9 Å². The van der Waals surface area contributed by atoms with Gasteiger partial charge in [0.15, 0.2) is 0 Å². The van der Waals surface area contributed by atoms with Crippen molar-refractivity contribution in [2.24, 2.45) is 0 Å². The number of nitrogens with one attached hydrogen (secondary N) is 1. The molecule has 1 unspecified atom stereocenters. The molecule has 1 N–H and O–H groups in total. The molecular formula is C18H18BrNO. The minimum Gasteiger partial charge on any atom is -0.461 e. The van der Waals surface area contributed by atoms with Crippen molar-refractivity contribution in [2.75, 3.05) is 0 Å². The zero-order chi connectivity index (χ0) is 14.8. The Kier molecular flexibility index (Phi) is 4.13. The molecular weight excluding hydrogens is 326 g/mol.